The molecule has 0 amide bonds. The summed E-state index contributed by atoms with van der Waals surface area (Å²) in [6.07, 6.45) is 6.06. The van der Waals surface area contributed by atoms with Crippen molar-refractivity contribution in [3.63, 3.8) is 0 Å². The maximum atomic E-state index is 8.20. The first-order chi connectivity index (χ1) is 13.4. The van der Waals surface area contributed by atoms with E-state index in [0.29, 0.717) is 0 Å². The summed E-state index contributed by atoms with van der Waals surface area (Å²) in [5.41, 5.74) is 6.95. The van der Waals surface area contributed by atoms with Crippen LogP contribution in [0.3, 0.4) is 0 Å². The number of hydrogen-bond donors (Lipinski definition) is 1. The van der Waals surface area contributed by atoms with Crippen molar-refractivity contribution in [3.05, 3.63) is 58.4 Å². The van der Waals surface area contributed by atoms with Gasteiger partial charge in [-0.3, -0.25) is 20.3 Å². The quantitative estimate of drug-likeness (QED) is 0.507. The number of aryl methyl sites for hydroxylation is 2. The number of rotatable bonds is 4. The molecule has 0 fully saturated rings. The second-order valence-electron chi connectivity index (χ2n) is 10.0. The Bertz CT molecular complexity index is 888. The molecule has 0 spiro atoms. The fourth-order valence-corrected chi connectivity index (χ4v) is 3.96. The van der Waals surface area contributed by atoms with Crippen molar-refractivity contribution in [2.45, 2.75) is 67.2 Å². The number of benzene rings is 1. The average molecular weight is 393 g/mol. The van der Waals surface area contributed by atoms with E-state index >= 15 is 0 Å². The van der Waals surface area contributed by atoms with Gasteiger partial charge in [-0.25, -0.2) is 0 Å². The summed E-state index contributed by atoms with van der Waals surface area (Å²) >= 11 is 0. The van der Waals surface area contributed by atoms with Crippen LogP contribution >= 0.6 is 0 Å². The Hall–Kier alpha value is -2.49. The van der Waals surface area contributed by atoms with Gasteiger partial charge >= 0.3 is 0 Å². The summed E-state index contributed by atoms with van der Waals surface area (Å²) in [6, 6.07) is 6.53. The fourth-order valence-electron chi connectivity index (χ4n) is 3.96. The zero-order chi connectivity index (χ0) is 22.0. The molecule has 2 aromatic rings. The maximum absolute atomic E-state index is 8.20. The molecule has 0 bridgehead atoms. The molecule has 0 aliphatic heterocycles. The van der Waals surface area contributed by atoms with Crippen LogP contribution in [0.4, 0.5) is 5.69 Å². The molecule has 4 nitrogen and oxygen atoms in total. The minimum absolute atomic E-state index is 0.0530. The van der Waals surface area contributed by atoms with Crippen molar-refractivity contribution in [2.24, 2.45) is 10.4 Å². The number of anilines is 1. The monoisotopic (exact) mass is 392 g/mol. The molecule has 1 aromatic carbocycles. The normalized spacial score (nSPS) is 12.8. The van der Waals surface area contributed by atoms with E-state index in [-0.39, 0.29) is 10.8 Å². The van der Waals surface area contributed by atoms with Crippen LogP contribution in [0.25, 0.3) is 0 Å². The molecule has 29 heavy (non-hydrogen) atoms. The summed E-state index contributed by atoms with van der Waals surface area (Å²) in [5.74, 6) is 0.743. The second kappa shape index (κ2) is 8.48. The van der Waals surface area contributed by atoms with Gasteiger partial charge < -0.3 is 0 Å². The first-order valence-corrected chi connectivity index (χ1v) is 10.2. The third-order valence-corrected chi connectivity index (χ3v) is 4.97. The predicted molar refractivity (Wildman–Crippen MR) is 126 cm³/mol. The van der Waals surface area contributed by atoms with Crippen LogP contribution in [0.15, 0.2) is 35.6 Å². The molecule has 2 rings (SSSR count). The number of nitrogens with zero attached hydrogens (tertiary/aromatic N) is 3. The largest absolute Gasteiger partial charge is 0.291 e. The molecule has 0 aliphatic carbocycles. The lowest BCUT2D eigenvalue weighted by Crippen LogP contribution is -2.33. The summed E-state index contributed by atoms with van der Waals surface area (Å²) < 4.78 is 0. The van der Waals surface area contributed by atoms with Crippen molar-refractivity contribution in [3.8, 4) is 0 Å². The highest BCUT2D eigenvalue weighted by Gasteiger charge is 2.25. The van der Waals surface area contributed by atoms with E-state index in [1.165, 1.54) is 17.5 Å². The van der Waals surface area contributed by atoms with Gasteiger partial charge in [-0.1, -0.05) is 53.7 Å². The number of nitrogens with one attached hydrogen (secondary N) is 1. The van der Waals surface area contributed by atoms with Crippen molar-refractivity contribution < 1.29 is 0 Å². The molecule has 1 heterocycles. The summed E-state index contributed by atoms with van der Waals surface area (Å²) in [6.45, 7) is 17.6. The van der Waals surface area contributed by atoms with Crippen molar-refractivity contribution in [1.82, 2.24) is 4.98 Å². The standard InChI is InChI=1S/C25H36N4/c1-17-12-19(14-24(3,4)5)13-18(2)22(17)29(16-26)23(27-9)20-15-28-11-10-21(20)25(6,7)8/h10-13,15-16,26H,14H2,1-9H3. The highest BCUT2D eigenvalue weighted by Crippen LogP contribution is 2.32. The van der Waals surface area contributed by atoms with Crippen molar-refractivity contribution in [2.75, 3.05) is 11.9 Å². The third kappa shape index (κ3) is 5.31. The van der Waals surface area contributed by atoms with Crippen LogP contribution in [0.1, 0.15) is 69.4 Å². The van der Waals surface area contributed by atoms with E-state index in [2.05, 4.69) is 83.6 Å². The van der Waals surface area contributed by atoms with Crippen molar-refractivity contribution >= 4 is 17.9 Å². The van der Waals surface area contributed by atoms with E-state index in [1.807, 2.05) is 17.3 Å². The van der Waals surface area contributed by atoms with Crippen LogP contribution in [0, 0.1) is 24.7 Å². The second-order valence-corrected chi connectivity index (χ2v) is 10.0. The number of hydrogen-bond acceptors (Lipinski definition) is 3. The van der Waals surface area contributed by atoms with Gasteiger partial charge in [0.1, 0.15) is 5.84 Å². The Morgan fingerprint density at radius 2 is 1.69 bits per heavy atom. The lowest BCUT2D eigenvalue weighted by Gasteiger charge is -2.29. The number of aromatic nitrogens is 1. The van der Waals surface area contributed by atoms with Gasteiger partial charge in [-0.2, -0.15) is 0 Å². The molecule has 0 atom stereocenters. The number of aliphatic imine (C=N–C) groups is 1. The van der Waals surface area contributed by atoms with Crippen LogP contribution in [0.2, 0.25) is 0 Å². The predicted octanol–water partition coefficient (Wildman–Crippen LogP) is 6.07. The highest BCUT2D eigenvalue weighted by molar-refractivity contribution is 6.20. The summed E-state index contributed by atoms with van der Waals surface area (Å²) in [7, 11) is 1.78. The van der Waals surface area contributed by atoms with Gasteiger partial charge in [0.05, 0.1) is 12.0 Å². The van der Waals surface area contributed by atoms with Gasteiger partial charge in [0, 0.05) is 25.0 Å². The van der Waals surface area contributed by atoms with Gasteiger partial charge in [0.25, 0.3) is 0 Å². The SMILES string of the molecule is CN=C(c1cnccc1C(C)(C)C)N(C=N)c1c(C)cc(CC(C)(C)C)cc1C. The van der Waals surface area contributed by atoms with E-state index in [4.69, 9.17) is 5.41 Å². The van der Waals surface area contributed by atoms with Crippen LogP contribution in [0.5, 0.6) is 0 Å². The topological polar surface area (TPSA) is 52.3 Å². The molecule has 0 saturated heterocycles. The minimum atomic E-state index is -0.0530. The van der Waals surface area contributed by atoms with Gasteiger partial charge in [0.2, 0.25) is 0 Å². The molecule has 0 unspecified atom stereocenters. The Balaban J connectivity index is 2.61. The smallest absolute Gasteiger partial charge is 0.142 e. The first kappa shape index (κ1) is 22.8. The van der Waals surface area contributed by atoms with E-state index in [0.717, 1.165) is 34.6 Å². The third-order valence-electron chi connectivity index (χ3n) is 4.97. The van der Waals surface area contributed by atoms with E-state index in [9.17, 15) is 0 Å². The fraction of sp³-hybridized carbons (Fsp3) is 0.480. The number of pyridine rings is 1. The van der Waals surface area contributed by atoms with E-state index in [1.54, 1.807) is 7.05 Å². The Kier molecular flexibility index (Phi) is 6.67. The molecule has 0 aliphatic rings. The zero-order valence-electron chi connectivity index (χ0n) is 19.5. The van der Waals surface area contributed by atoms with Gasteiger partial charge in [-0.05, 0) is 59.4 Å². The molecule has 0 radical (unpaired) electrons. The number of amidine groups is 1. The first-order valence-electron chi connectivity index (χ1n) is 10.2. The lowest BCUT2D eigenvalue weighted by molar-refractivity contribution is 0.411. The molecule has 1 N–H and O–H groups in total. The highest BCUT2D eigenvalue weighted by atomic mass is 15.2. The van der Waals surface area contributed by atoms with Gasteiger partial charge in [-0.15, -0.1) is 0 Å². The molecule has 0 saturated carbocycles. The molecule has 156 valence electrons. The Morgan fingerprint density at radius 3 is 2.14 bits per heavy atom. The Labute approximate surface area is 176 Å². The average Bonchev–Trinajstić information content (AvgIpc) is 2.58. The maximum Gasteiger partial charge on any atom is 0.142 e. The molecular weight excluding hydrogens is 356 g/mol. The summed E-state index contributed by atoms with van der Waals surface area (Å²) in [4.78, 5) is 10.8. The van der Waals surface area contributed by atoms with Crippen LogP contribution in [-0.2, 0) is 11.8 Å². The lowest BCUT2D eigenvalue weighted by atomic mass is 9.84. The molecular formula is C25H36N4. The Morgan fingerprint density at radius 1 is 1.10 bits per heavy atom. The van der Waals surface area contributed by atoms with Crippen molar-refractivity contribution in [1.29, 1.82) is 5.41 Å². The minimum Gasteiger partial charge on any atom is -0.291 e. The van der Waals surface area contributed by atoms with Crippen LogP contribution < -0.4 is 4.90 Å². The zero-order valence-corrected chi connectivity index (χ0v) is 19.5. The molecule has 4 heteroatoms. The van der Waals surface area contributed by atoms with Gasteiger partial charge in [0.15, 0.2) is 0 Å². The van der Waals surface area contributed by atoms with Crippen LogP contribution in [-0.4, -0.2) is 24.2 Å². The summed E-state index contributed by atoms with van der Waals surface area (Å²) in [5, 5.41) is 8.20. The van der Waals surface area contributed by atoms with E-state index < -0.39 is 0 Å². The molecule has 1 aromatic heterocycles.